The van der Waals surface area contributed by atoms with Crippen LogP contribution in [0.15, 0.2) is 18.2 Å². The lowest BCUT2D eigenvalue weighted by Gasteiger charge is -2.21. The highest BCUT2D eigenvalue weighted by Crippen LogP contribution is 2.30. The van der Waals surface area contributed by atoms with E-state index in [9.17, 15) is 8.42 Å². The van der Waals surface area contributed by atoms with Crippen molar-refractivity contribution >= 4 is 33.0 Å². The highest BCUT2D eigenvalue weighted by atomic mass is 35.5. The Morgan fingerprint density at radius 3 is 2.68 bits per heavy atom. The first-order valence-corrected chi connectivity index (χ1v) is 8.83. The maximum atomic E-state index is 11.5. The molecule has 1 aliphatic rings. The average Bonchev–Trinajstić information content (AvgIpc) is 2.70. The van der Waals surface area contributed by atoms with E-state index in [0.29, 0.717) is 29.4 Å². The van der Waals surface area contributed by atoms with Crippen molar-refractivity contribution in [3.05, 3.63) is 33.8 Å². The number of halogens is 2. The number of sulfone groups is 1. The van der Waals surface area contributed by atoms with Crippen LogP contribution in [0.2, 0.25) is 10.0 Å². The van der Waals surface area contributed by atoms with Gasteiger partial charge in [-0.25, -0.2) is 8.42 Å². The van der Waals surface area contributed by atoms with Gasteiger partial charge in [-0.15, -0.1) is 0 Å². The molecule has 1 heterocycles. The van der Waals surface area contributed by atoms with Crippen molar-refractivity contribution < 1.29 is 8.42 Å². The first-order chi connectivity index (χ1) is 8.91. The molecular formula is C13H17Cl2NO2S. The Morgan fingerprint density at radius 2 is 2.11 bits per heavy atom. The molecular weight excluding hydrogens is 305 g/mol. The molecule has 0 radical (unpaired) electrons. The molecule has 1 fully saturated rings. The monoisotopic (exact) mass is 321 g/mol. The highest BCUT2D eigenvalue weighted by molar-refractivity contribution is 7.91. The maximum Gasteiger partial charge on any atom is 0.150 e. The van der Waals surface area contributed by atoms with E-state index in [0.717, 1.165) is 5.56 Å². The number of hydrogen-bond acceptors (Lipinski definition) is 3. The smallest absolute Gasteiger partial charge is 0.150 e. The number of nitrogens with two attached hydrogens (primary N) is 1. The van der Waals surface area contributed by atoms with Gasteiger partial charge in [0.15, 0.2) is 9.84 Å². The van der Waals surface area contributed by atoms with Gasteiger partial charge < -0.3 is 5.73 Å². The molecule has 0 aromatic heterocycles. The summed E-state index contributed by atoms with van der Waals surface area (Å²) in [5.74, 6) is 0.781. The van der Waals surface area contributed by atoms with Crippen LogP contribution in [0.3, 0.4) is 0 Å². The number of benzene rings is 1. The second-order valence-electron chi connectivity index (χ2n) is 5.10. The van der Waals surface area contributed by atoms with Crippen molar-refractivity contribution in [1.82, 2.24) is 0 Å². The summed E-state index contributed by atoms with van der Waals surface area (Å²) in [6.07, 6.45) is 1.37. The second kappa shape index (κ2) is 6.00. The van der Waals surface area contributed by atoms with E-state index in [2.05, 4.69) is 0 Å². The molecule has 1 aromatic rings. The van der Waals surface area contributed by atoms with Gasteiger partial charge in [-0.05, 0) is 55.0 Å². The Bertz CT molecular complexity index is 560. The zero-order valence-corrected chi connectivity index (χ0v) is 12.8. The summed E-state index contributed by atoms with van der Waals surface area (Å²) < 4.78 is 23.1. The van der Waals surface area contributed by atoms with E-state index in [1.165, 1.54) is 0 Å². The molecule has 0 amide bonds. The van der Waals surface area contributed by atoms with E-state index in [-0.39, 0.29) is 23.3 Å². The highest BCUT2D eigenvalue weighted by Gasteiger charge is 2.33. The Balaban J connectivity index is 2.13. The topological polar surface area (TPSA) is 60.2 Å². The molecule has 1 aliphatic heterocycles. The van der Waals surface area contributed by atoms with Crippen LogP contribution in [-0.4, -0.2) is 26.5 Å². The third-order valence-electron chi connectivity index (χ3n) is 3.73. The lowest BCUT2D eigenvalue weighted by Crippen LogP contribution is -2.26. The van der Waals surface area contributed by atoms with Crippen molar-refractivity contribution in [2.24, 2.45) is 17.6 Å². The standard InChI is InChI=1S/C13H17Cl2NO2S/c14-12-1-2-13(15)10(6-12)5-11(7-16)9-3-4-19(17,18)8-9/h1-2,6,9,11H,3-5,7-8,16H2. The van der Waals surface area contributed by atoms with Gasteiger partial charge in [-0.1, -0.05) is 23.2 Å². The predicted octanol–water partition coefficient (Wildman–Crippen LogP) is 2.55. The van der Waals surface area contributed by atoms with Gasteiger partial charge in [0.25, 0.3) is 0 Å². The number of hydrogen-bond donors (Lipinski definition) is 1. The minimum Gasteiger partial charge on any atom is -0.330 e. The molecule has 19 heavy (non-hydrogen) atoms. The van der Waals surface area contributed by atoms with Gasteiger partial charge in [-0.3, -0.25) is 0 Å². The molecule has 2 atom stereocenters. The Hall–Kier alpha value is -0.290. The molecule has 2 rings (SSSR count). The second-order valence-corrected chi connectivity index (χ2v) is 8.17. The summed E-state index contributed by atoms with van der Waals surface area (Å²) in [5, 5.41) is 1.29. The third kappa shape index (κ3) is 3.85. The summed E-state index contributed by atoms with van der Waals surface area (Å²) in [7, 11) is -2.88. The Labute approximate surface area is 124 Å². The van der Waals surface area contributed by atoms with Gasteiger partial charge in [0.1, 0.15) is 0 Å². The molecule has 2 N–H and O–H groups in total. The van der Waals surface area contributed by atoms with Gasteiger partial charge in [0.05, 0.1) is 11.5 Å². The fourth-order valence-corrected chi connectivity index (χ4v) is 4.93. The van der Waals surface area contributed by atoms with Crippen LogP contribution in [0.4, 0.5) is 0 Å². The predicted molar refractivity (Wildman–Crippen MR) is 79.5 cm³/mol. The fourth-order valence-electron chi connectivity index (χ4n) is 2.62. The molecule has 1 aromatic carbocycles. The lowest BCUT2D eigenvalue weighted by atomic mass is 9.86. The molecule has 6 heteroatoms. The summed E-state index contributed by atoms with van der Waals surface area (Å²) in [6.45, 7) is 0.461. The normalized spacial score (nSPS) is 23.4. The lowest BCUT2D eigenvalue weighted by molar-refractivity contribution is 0.371. The van der Waals surface area contributed by atoms with Crippen molar-refractivity contribution in [1.29, 1.82) is 0 Å². The van der Waals surface area contributed by atoms with Crippen LogP contribution in [0, 0.1) is 11.8 Å². The molecule has 1 saturated heterocycles. The van der Waals surface area contributed by atoms with Gasteiger partial charge >= 0.3 is 0 Å². The van der Waals surface area contributed by atoms with Crippen LogP contribution in [0.1, 0.15) is 12.0 Å². The molecule has 0 aliphatic carbocycles. The SMILES string of the molecule is NCC(Cc1cc(Cl)ccc1Cl)C1CCS(=O)(=O)C1. The van der Waals surface area contributed by atoms with Crippen LogP contribution in [0.25, 0.3) is 0 Å². The van der Waals surface area contributed by atoms with Crippen LogP contribution >= 0.6 is 23.2 Å². The van der Waals surface area contributed by atoms with E-state index in [4.69, 9.17) is 28.9 Å². The van der Waals surface area contributed by atoms with Gasteiger partial charge in [0.2, 0.25) is 0 Å². The Morgan fingerprint density at radius 1 is 1.37 bits per heavy atom. The minimum absolute atomic E-state index is 0.130. The summed E-state index contributed by atoms with van der Waals surface area (Å²) >= 11 is 12.1. The van der Waals surface area contributed by atoms with E-state index < -0.39 is 9.84 Å². The first kappa shape index (κ1) is 15.1. The number of rotatable bonds is 4. The van der Waals surface area contributed by atoms with Crippen LogP contribution in [0.5, 0.6) is 0 Å². The Kier molecular flexibility index (Phi) is 4.77. The van der Waals surface area contributed by atoms with Crippen molar-refractivity contribution in [2.45, 2.75) is 12.8 Å². The largest absolute Gasteiger partial charge is 0.330 e. The molecule has 2 unspecified atom stereocenters. The van der Waals surface area contributed by atoms with E-state index in [1.807, 2.05) is 6.07 Å². The zero-order valence-electron chi connectivity index (χ0n) is 10.5. The summed E-state index contributed by atoms with van der Waals surface area (Å²) in [4.78, 5) is 0. The van der Waals surface area contributed by atoms with Crippen molar-refractivity contribution in [3.63, 3.8) is 0 Å². The molecule has 106 valence electrons. The first-order valence-electron chi connectivity index (χ1n) is 6.25. The van der Waals surface area contributed by atoms with Crippen molar-refractivity contribution in [3.8, 4) is 0 Å². The zero-order chi connectivity index (χ0) is 14.0. The molecule has 0 saturated carbocycles. The average molecular weight is 322 g/mol. The van der Waals surface area contributed by atoms with Gasteiger partial charge in [0, 0.05) is 10.0 Å². The quantitative estimate of drug-likeness (QED) is 0.927. The third-order valence-corrected chi connectivity index (χ3v) is 6.12. The molecule has 0 spiro atoms. The maximum absolute atomic E-state index is 11.5. The summed E-state index contributed by atoms with van der Waals surface area (Å²) in [5.41, 5.74) is 6.75. The minimum atomic E-state index is -2.88. The van der Waals surface area contributed by atoms with Crippen molar-refractivity contribution in [2.75, 3.05) is 18.1 Å². The summed E-state index contributed by atoms with van der Waals surface area (Å²) in [6, 6.07) is 5.33. The molecule has 0 bridgehead atoms. The van der Waals surface area contributed by atoms with Crippen LogP contribution < -0.4 is 5.73 Å². The molecule has 3 nitrogen and oxygen atoms in total. The van der Waals surface area contributed by atoms with Crippen LogP contribution in [-0.2, 0) is 16.3 Å². The van der Waals surface area contributed by atoms with Gasteiger partial charge in [-0.2, -0.15) is 0 Å². The fraction of sp³-hybridized carbons (Fsp3) is 0.538. The van der Waals surface area contributed by atoms with E-state index >= 15 is 0 Å². The van der Waals surface area contributed by atoms with E-state index in [1.54, 1.807) is 12.1 Å².